The number of nitrogens with one attached hydrogen (secondary N) is 3. The normalized spacial score (nSPS) is 12.0. The van der Waals surface area contributed by atoms with Gasteiger partial charge in [0.05, 0.1) is 0 Å². The highest BCUT2D eigenvalue weighted by atomic mass is 32.2. The predicted octanol–water partition coefficient (Wildman–Crippen LogP) is 1.32. The molecule has 140 valence electrons. The van der Waals surface area contributed by atoms with Crippen molar-refractivity contribution in [1.29, 1.82) is 0 Å². The molecule has 0 aliphatic rings. The van der Waals surface area contributed by atoms with Crippen LogP contribution in [0.25, 0.3) is 0 Å². The molecule has 2 aromatic rings. The lowest BCUT2D eigenvalue weighted by Gasteiger charge is -2.12. The third-order valence-electron chi connectivity index (χ3n) is 3.28. The zero-order chi connectivity index (χ0) is 18.7. The van der Waals surface area contributed by atoms with E-state index >= 15 is 0 Å². The minimum Gasteiger partial charge on any atom is -0.356 e. The Kier molecular flexibility index (Phi) is 8.39. The summed E-state index contributed by atoms with van der Waals surface area (Å²) in [6, 6.07) is 13.3. The van der Waals surface area contributed by atoms with Gasteiger partial charge in [0.25, 0.3) is 0 Å². The number of aliphatic imine (C=N–C) groups is 1. The zero-order valence-corrected chi connectivity index (χ0v) is 16.2. The van der Waals surface area contributed by atoms with Gasteiger partial charge in [-0.3, -0.25) is 9.98 Å². The molecule has 1 aromatic carbocycles. The quantitative estimate of drug-likeness (QED) is 0.257. The van der Waals surface area contributed by atoms with E-state index in [1.165, 1.54) is 23.4 Å². The summed E-state index contributed by atoms with van der Waals surface area (Å²) >= 11 is 1.76. The summed E-state index contributed by atoms with van der Waals surface area (Å²) < 4.78 is 26.7. The molecule has 0 atom stereocenters. The van der Waals surface area contributed by atoms with Gasteiger partial charge in [0.1, 0.15) is 4.90 Å². The second-order valence-corrected chi connectivity index (χ2v) is 8.11. The Labute approximate surface area is 158 Å². The van der Waals surface area contributed by atoms with Gasteiger partial charge in [-0.1, -0.05) is 18.2 Å². The fourth-order valence-corrected chi connectivity index (χ4v) is 3.82. The smallest absolute Gasteiger partial charge is 0.242 e. The largest absolute Gasteiger partial charge is 0.356 e. The number of hydrogen-bond donors (Lipinski definition) is 3. The van der Waals surface area contributed by atoms with E-state index in [0.717, 1.165) is 12.3 Å². The topological polar surface area (TPSA) is 95.5 Å². The van der Waals surface area contributed by atoms with Crippen molar-refractivity contribution < 1.29 is 8.42 Å². The highest BCUT2D eigenvalue weighted by Crippen LogP contribution is 2.15. The lowest BCUT2D eigenvalue weighted by atomic mass is 10.4. The molecule has 1 heterocycles. The Morgan fingerprint density at radius 1 is 1.08 bits per heavy atom. The van der Waals surface area contributed by atoms with Gasteiger partial charge in [-0.2, -0.15) is 0 Å². The highest BCUT2D eigenvalue weighted by Gasteiger charge is 2.12. The van der Waals surface area contributed by atoms with E-state index in [4.69, 9.17) is 0 Å². The number of rotatable bonds is 9. The first-order valence-electron chi connectivity index (χ1n) is 8.14. The van der Waals surface area contributed by atoms with Gasteiger partial charge in [-0.25, -0.2) is 13.1 Å². The molecule has 0 unspecified atom stereocenters. The maximum atomic E-state index is 12.1. The van der Waals surface area contributed by atoms with Crippen molar-refractivity contribution in [2.75, 3.05) is 32.4 Å². The Bertz CT molecular complexity index is 783. The van der Waals surface area contributed by atoms with E-state index < -0.39 is 10.0 Å². The third kappa shape index (κ3) is 7.03. The zero-order valence-electron chi connectivity index (χ0n) is 14.6. The van der Waals surface area contributed by atoms with E-state index in [2.05, 4.69) is 37.5 Å². The van der Waals surface area contributed by atoms with Crippen molar-refractivity contribution in [3.8, 4) is 0 Å². The summed E-state index contributed by atoms with van der Waals surface area (Å²) in [6.45, 7) is 1.42. The number of aromatic nitrogens is 1. The fraction of sp³-hybridized carbons (Fsp3) is 0.294. The molecule has 7 nitrogen and oxygen atoms in total. The number of benzene rings is 1. The van der Waals surface area contributed by atoms with Gasteiger partial charge in [0.15, 0.2) is 5.96 Å². The number of sulfonamides is 1. The Balaban J connectivity index is 1.64. The van der Waals surface area contributed by atoms with Crippen molar-refractivity contribution in [2.45, 2.75) is 9.79 Å². The number of hydrogen-bond acceptors (Lipinski definition) is 5. The number of nitrogens with zero attached hydrogens (tertiary/aromatic N) is 2. The number of guanidine groups is 1. The molecule has 26 heavy (non-hydrogen) atoms. The molecule has 1 aromatic heterocycles. The SMILES string of the molecule is CN=C(NCCNS(=O)(=O)c1cccnc1)NCCSc1ccccc1. The van der Waals surface area contributed by atoms with Gasteiger partial charge in [-0.05, 0) is 24.3 Å². The molecule has 0 saturated heterocycles. The second-order valence-electron chi connectivity index (χ2n) is 5.17. The average molecular weight is 394 g/mol. The molecule has 0 amide bonds. The first-order chi connectivity index (χ1) is 12.6. The van der Waals surface area contributed by atoms with Crippen LogP contribution in [-0.4, -0.2) is 51.8 Å². The second kappa shape index (κ2) is 10.8. The molecular formula is C17H23N5O2S2. The number of pyridine rings is 1. The Morgan fingerprint density at radius 3 is 2.54 bits per heavy atom. The van der Waals surface area contributed by atoms with Crippen LogP contribution in [0.3, 0.4) is 0 Å². The van der Waals surface area contributed by atoms with Crippen LogP contribution in [0.4, 0.5) is 0 Å². The monoisotopic (exact) mass is 393 g/mol. The number of thioether (sulfide) groups is 1. The minimum atomic E-state index is -3.53. The standard InChI is InChI=1S/C17H23N5O2S2/c1-18-17(21-12-13-25-15-6-3-2-4-7-15)20-10-11-22-26(23,24)16-8-5-9-19-14-16/h2-9,14,22H,10-13H2,1H3,(H2,18,20,21). The Morgan fingerprint density at radius 2 is 1.85 bits per heavy atom. The summed E-state index contributed by atoms with van der Waals surface area (Å²) in [5, 5.41) is 6.28. The van der Waals surface area contributed by atoms with Gasteiger partial charge >= 0.3 is 0 Å². The van der Waals surface area contributed by atoms with Gasteiger partial charge < -0.3 is 10.6 Å². The van der Waals surface area contributed by atoms with Crippen LogP contribution >= 0.6 is 11.8 Å². The molecule has 0 saturated carbocycles. The van der Waals surface area contributed by atoms with Crippen molar-refractivity contribution in [2.24, 2.45) is 4.99 Å². The van der Waals surface area contributed by atoms with Crippen LogP contribution in [0.1, 0.15) is 0 Å². The van der Waals surface area contributed by atoms with Gasteiger partial charge in [0, 0.05) is 49.7 Å². The molecular weight excluding hydrogens is 370 g/mol. The van der Waals surface area contributed by atoms with E-state index in [-0.39, 0.29) is 11.4 Å². The molecule has 0 radical (unpaired) electrons. The summed E-state index contributed by atoms with van der Waals surface area (Å²) in [4.78, 5) is 9.32. The van der Waals surface area contributed by atoms with E-state index in [1.807, 2.05) is 18.2 Å². The average Bonchev–Trinajstić information content (AvgIpc) is 2.68. The van der Waals surface area contributed by atoms with Crippen molar-refractivity contribution in [3.05, 3.63) is 54.9 Å². The molecule has 0 fully saturated rings. The minimum absolute atomic E-state index is 0.153. The van der Waals surface area contributed by atoms with Crippen LogP contribution in [-0.2, 0) is 10.0 Å². The maximum Gasteiger partial charge on any atom is 0.242 e. The molecule has 0 bridgehead atoms. The first-order valence-corrected chi connectivity index (χ1v) is 10.6. The molecule has 0 aliphatic heterocycles. The lowest BCUT2D eigenvalue weighted by molar-refractivity contribution is 0.580. The summed E-state index contributed by atoms with van der Waals surface area (Å²) in [5.41, 5.74) is 0. The van der Waals surface area contributed by atoms with Gasteiger partial charge in [-0.15, -0.1) is 11.8 Å². The molecule has 2 rings (SSSR count). The fourth-order valence-electron chi connectivity index (χ4n) is 2.03. The lowest BCUT2D eigenvalue weighted by Crippen LogP contribution is -2.42. The van der Waals surface area contributed by atoms with E-state index in [1.54, 1.807) is 24.9 Å². The maximum absolute atomic E-state index is 12.1. The van der Waals surface area contributed by atoms with Crippen LogP contribution < -0.4 is 15.4 Å². The van der Waals surface area contributed by atoms with Crippen LogP contribution in [0.15, 0.2) is 69.6 Å². The molecule has 3 N–H and O–H groups in total. The molecule has 0 aliphatic carbocycles. The van der Waals surface area contributed by atoms with Crippen molar-refractivity contribution in [3.63, 3.8) is 0 Å². The summed E-state index contributed by atoms with van der Waals surface area (Å²) in [6.07, 6.45) is 2.85. The summed E-state index contributed by atoms with van der Waals surface area (Å²) in [5.74, 6) is 1.54. The van der Waals surface area contributed by atoms with Crippen LogP contribution in [0, 0.1) is 0 Å². The Hall–Kier alpha value is -2.10. The van der Waals surface area contributed by atoms with Crippen molar-refractivity contribution in [1.82, 2.24) is 20.3 Å². The van der Waals surface area contributed by atoms with Crippen LogP contribution in [0.2, 0.25) is 0 Å². The predicted molar refractivity (Wildman–Crippen MR) is 106 cm³/mol. The summed E-state index contributed by atoms with van der Waals surface area (Å²) in [7, 11) is -1.85. The van der Waals surface area contributed by atoms with E-state index in [0.29, 0.717) is 12.5 Å². The highest BCUT2D eigenvalue weighted by molar-refractivity contribution is 7.99. The first kappa shape index (κ1) is 20.2. The van der Waals surface area contributed by atoms with Crippen LogP contribution in [0.5, 0.6) is 0 Å². The molecule has 0 spiro atoms. The van der Waals surface area contributed by atoms with Crippen molar-refractivity contribution >= 4 is 27.7 Å². The molecule has 9 heteroatoms. The van der Waals surface area contributed by atoms with Gasteiger partial charge in [0.2, 0.25) is 10.0 Å². The van der Waals surface area contributed by atoms with E-state index in [9.17, 15) is 8.42 Å². The third-order valence-corrected chi connectivity index (χ3v) is 5.74.